The first-order chi connectivity index (χ1) is 9.31. The molecule has 0 saturated carbocycles. The molecule has 0 unspecified atom stereocenters. The van der Waals surface area contributed by atoms with E-state index in [0.29, 0.717) is 5.39 Å². The van der Waals surface area contributed by atoms with Crippen LogP contribution in [0.15, 0.2) is 48.5 Å². The maximum Gasteiger partial charge on any atom is 0.385 e. The number of nitrogens with zero attached hydrogens (tertiary/aromatic N) is 2. The molecule has 0 atom stereocenters. The van der Waals surface area contributed by atoms with E-state index in [2.05, 4.69) is 4.98 Å². The van der Waals surface area contributed by atoms with E-state index < -0.39 is 0 Å². The Hall–Kier alpha value is -2.86. The zero-order valence-electron chi connectivity index (χ0n) is 9.92. The molecule has 19 heavy (non-hydrogen) atoms. The zero-order valence-corrected chi connectivity index (χ0v) is 9.92. The molecule has 4 rings (SSSR count). The summed E-state index contributed by atoms with van der Waals surface area (Å²) in [5, 5.41) is 22.8. The maximum absolute atomic E-state index is 12.0. The molecule has 3 nitrogen and oxygen atoms in total. The van der Waals surface area contributed by atoms with Crippen molar-refractivity contribution in [3.05, 3.63) is 53.5 Å². The number of fused-ring (bicyclic) bond motifs is 3. The molecule has 0 radical (unpaired) electrons. The van der Waals surface area contributed by atoms with Crippen LogP contribution in [0.3, 0.4) is 0 Å². The molecule has 1 aliphatic carbocycles. The molecule has 0 N–H and O–H groups in total. The van der Waals surface area contributed by atoms with Gasteiger partial charge in [-0.2, -0.15) is 0 Å². The van der Waals surface area contributed by atoms with Crippen LogP contribution < -0.4 is 5.11 Å². The van der Waals surface area contributed by atoms with Gasteiger partial charge in [0.15, 0.2) is 4.98 Å². The Morgan fingerprint density at radius 2 is 1.53 bits per heavy atom. The summed E-state index contributed by atoms with van der Waals surface area (Å²) in [5.74, 6) is -0.251. The molecular weight excluding hydrogens is 236 g/mol. The van der Waals surface area contributed by atoms with Gasteiger partial charge in [-0.3, -0.25) is 0 Å². The minimum atomic E-state index is -0.251. The first-order valence-corrected chi connectivity index (χ1v) is 6.03. The SMILES string of the molecule is N#[N+]c1c([O-])cc2c3c(cccc13)-c1ccccc1-2. The van der Waals surface area contributed by atoms with Crippen molar-refractivity contribution in [1.82, 2.24) is 0 Å². The Morgan fingerprint density at radius 3 is 2.26 bits per heavy atom. The van der Waals surface area contributed by atoms with Crippen molar-refractivity contribution in [2.45, 2.75) is 0 Å². The van der Waals surface area contributed by atoms with Crippen molar-refractivity contribution in [2.24, 2.45) is 0 Å². The normalized spacial score (nSPS) is 11.3. The summed E-state index contributed by atoms with van der Waals surface area (Å²) in [5.41, 5.74) is 4.33. The molecule has 0 aliphatic heterocycles. The van der Waals surface area contributed by atoms with Gasteiger partial charge in [0.2, 0.25) is 5.39 Å². The quantitative estimate of drug-likeness (QED) is 0.438. The van der Waals surface area contributed by atoms with Crippen LogP contribution >= 0.6 is 0 Å². The number of hydrogen-bond acceptors (Lipinski definition) is 2. The van der Waals surface area contributed by atoms with Crippen LogP contribution in [0.25, 0.3) is 38.0 Å². The highest BCUT2D eigenvalue weighted by molar-refractivity contribution is 6.19. The minimum absolute atomic E-state index is 0.119. The van der Waals surface area contributed by atoms with E-state index in [9.17, 15) is 5.11 Å². The van der Waals surface area contributed by atoms with E-state index in [1.54, 1.807) is 6.07 Å². The van der Waals surface area contributed by atoms with Crippen LogP contribution in [0.5, 0.6) is 5.75 Å². The van der Waals surface area contributed by atoms with Crippen LogP contribution in [0.4, 0.5) is 5.69 Å². The number of hydrogen-bond donors (Lipinski definition) is 0. The molecule has 0 saturated heterocycles. The van der Waals surface area contributed by atoms with Gasteiger partial charge in [-0.15, -0.1) is 0 Å². The van der Waals surface area contributed by atoms with Crippen molar-refractivity contribution in [3.8, 4) is 28.0 Å². The molecular formula is C16H8N2O. The minimum Gasteiger partial charge on any atom is -0.867 e. The Bertz CT molecular complexity index is 891. The van der Waals surface area contributed by atoms with Gasteiger partial charge in [0.25, 0.3) is 0 Å². The fourth-order valence-corrected chi connectivity index (χ4v) is 2.94. The number of benzene rings is 3. The van der Waals surface area contributed by atoms with Crippen LogP contribution in [-0.2, 0) is 0 Å². The van der Waals surface area contributed by atoms with Gasteiger partial charge < -0.3 is 5.11 Å². The zero-order chi connectivity index (χ0) is 13.0. The summed E-state index contributed by atoms with van der Waals surface area (Å²) in [4.78, 5) is 3.16. The molecule has 3 heteroatoms. The number of rotatable bonds is 0. The lowest BCUT2D eigenvalue weighted by Gasteiger charge is -2.07. The third-order valence-electron chi connectivity index (χ3n) is 3.71. The highest BCUT2D eigenvalue weighted by Gasteiger charge is 2.25. The van der Waals surface area contributed by atoms with Crippen LogP contribution in [0, 0.1) is 5.39 Å². The lowest BCUT2D eigenvalue weighted by atomic mass is 10.0. The van der Waals surface area contributed by atoms with Gasteiger partial charge in [-0.1, -0.05) is 42.5 Å². The van der Waals surface area contributed by atoms with Crippen molar-refractivity contribution >= 4 is 16.5 Å². The van der Waals surface area contributed by atoms with Crippen LogP contribution in [0.1, 0.15) is 0 Å². The van der Waals surface area contributed by atoms with Crippen molar-refractivity contribution in [2.75, 3.05) is 0 Å². The number of diazo groups is 1. The van der Waals surface area contributed by atoms with Crippen molar-refractivity contribution in [1.29, 1.82) is 5.39 Å². The monoisotopic (exact) mass is 244 g/mol. The summed E-state index contributed by atoms with van der Waals surface area (Å²) in [6.45, 7) is 0. The lowest BCUT2D eigenvalue weighted by Crippen LogP contribution is -1.91. The lowest BCUT2D eigenvalue weighted by molar-refractivity contribution is -0.266. The van der Waals surface area contributed by atoms with Gasteiger partial charge in [-0.05, 0) is 34.1 Å². The molecule has 0 fully saturated rings. The second-order valence-electron chi connectivity index (χ2n) is 4.64. The summed E-state index contributed by atoms with van der Waals surface area (Å²) < 4.78 is 0. The molecule has 0 bridgehead atoms. The molecule has 0 spiro atoms. The molecule has 0 heterocycles. The fourth-order valence-electron chi connectivity index (χ4n) is 2.94. The predicted molar refractivity (Wildman–Crippen MR) is 72.6 cm³/mol. The molecule has 3 aromatic carbocycles. The molecule has 88 valence electrons. The van der Waals surface area contributed by atoms with Gasteiger partial charge in [0, 0.05) is 5.39 Å². The second-order valence-corrected chi connectivity index (χ2v) is 4.64. The summed E-state index contributed by atoms with van der Waals surface area (Å²) in [6.07, 6.45) is 0. The van der Waals surface area contributed by atoms with E-state index >= 15 is 0 Å². The van der Waals surface area contributed by atoms with Crippen LogP contribution in [0.2, 0.25) is 0 Å². The highest BCUT2D eigenvalue weighted by Crippen LogP contribution is 2.51. The first-order valence-electron chi connectivity index (χ1n) is 6.03. The Morgan fingerprint density at radius 1 is 0.842 bits per heavy atom. The van der Waals surface area contributed by atoms with Gasteiger partial charge in [0.05, 0.1) is 5.39 Å². The Kier molecular flexibility index (Phi) is 1.77. The average Bonchev–Trinajstić information content (AvgIpc) is 2.76. The van der Waals surface area contributed by atoms with Gasteiger partial charge in [0.1, 0.15) is 0 Å². The molecule has 1 aliphatic rings. The first kappa shape index (κ1) is 10.1. The fraction of sp³-hybridized carbons (Fsp3) is 0. The summed E-state index contributed by atoms with van der Waals surface area (Å²) >= 11 is 0. The van der Waals surface area contributed by atoms with E-state index in [1.807, 2.05) is 42.5 Å². The van der Waals surface area contributed by atoms with E-state index in [-0.39, 0.29) is 11.4 Å². The topological polar surface area (TPSA) is 51.2 Å². The molecule has 0 aromatic heterocycles. The smallest absolute Gasteiger partial charge is 0.385 e. The molecule has 3 aromatic rings. The van der Waals surface area contributed by atoms with Crippen molar-refractivity contribution < 1.29 is 5.11 Å². The second kappa shape index (κ2) is 3.33. The standard InChI is InChI=1S/C16H8N2O/c17-18-16-12-7-3-6-11-9-4-1-2-5-10(9)13(15(11)12)8-14(16)19/h1-8H. The third kappa shape index (κ3) is 1.13. The maximum atomic E-state index is 12.0. The summed E-state index contributed by atoms with van der Waals surface area (Å²) in [7, 11) is 0. The van der Waals surface area contributed by atoms with E-state index in [4.69, 9.17) is 5.39 Å². The van der Waals surface area contributed by atoms with E-state index in [1.165, 1.54) is 0 Å². The predicted octanol–water partition coefficient (Wildman–Crippen LogP) is 4.05. The molecule has 0 amide bonds. The summed E-state index contributed by atoms with van der Waals surface area (Å²) in [6, 6.07) is 15.3. The van der Waals surface area contributed by atoms with Gasteiger partial charge >= 0.3 is 5.69 Å². The Balaban J connectivity index is 2.30. The average molecular weight is 244 g/mol. The highest BCUT2D eigenvalue weighted by atomic mass is 16.3. The van der Waals surface area contributed by atoms with Crippen molar-refractivity contribution in [3.63, 3.8) is 0 Å². The van der Waals surface area contributed by atoms with E-state index in [0.717, 1.165) is 27.6 Å². The van der Waals surface area contributed by atoms with Crippen LogP contribution in [-0.4, -0.2) is 0 Å². The Labute approximate surface area is 109 Å². The third-order valence-corrected chi connectivity index (χ3v) is 3.71. The van der Waals surface area contributed by atoms with Gasteiger partial charge in [-0.25, -0.2) is 0 Å². The largest absolute Gasteiger partial charge is 0.867 e.